The summed E-state index contributed by atoms with van der Waals surface area (Å²) in [6.07, 6.45) is 10.4. The van der Waals surface area contributed by atoms with Gasteiger partial charge in [-0.05, 0) is 86.8 Å². The quantitative estimate of drug-likeness (QED) is 0.481. The maximum atomic E-state index is 14.0. The Labute approximate surface area is 203 Å². The minimum Gasteiger partial charge on any atom is -0.467 e. The van der Waals surface area contributed by atoms with E-state index < -0.39 is 0 Å². The van der Waals surface area contributed by atoms with Gasteiger partial charge >= 0.3 is 0 Å². The van der Waals surface area contributed by atoms with Crippen LogP contribution < -0.4 is 0 Å². The van der Waals surface area contributed by atoms with E-state index in [1.165, 1.54) is 24.8 Å². The number of nitrogens with zero attached hydrogens (tertiary/aromatic N) is 2. The number of rotatable bonds is 10. The molecule has 0 aliphatic heterocycles. The maximum absolute atomic E-state index is 14.0. The molecule has 5 heteroatoms. The highest BCUT2D eigenvalue weighted by molar-refractivity contribution is 5.88. The van der Waals surface area contributed by atoms with Crippen LogP contribution in [0.3, 0.4) is 0 Å². The van der Waals surface area contributed by atoms with Crippen LogP contribution >= 0.6 is 0 Å². The average Bonchev–Trinajstić information content (AvgIpc) is 3.34. The number of amides is 2. The van der Waals surface area contributed by atoms with Crippen molar-refractivity contribution in [2.75, 3.05) is 19.6 Å². The smallest absolute Gasteiger partial charge is 0.242 e. The Hall–Kier alpha value is -2.56. The lowest BCUT2D eigenvalue weighted by Crippen LogP contribution is -2.56. The second-order valence-electron chi connectivity index (χ2n) is 11.1. The number of furan rings is 1. The number of carbonyl (C=O) groups is 2. The van der Waals surface area contributed by atoms with Crippen LogP contribution in [0.15, 0.2) is 53.1 Å². The lowest BCUT2D eigenvalue weighted by molar-refractivity contribution is -0.160. The van der Waals surface area contributed by atoms with Gasteiger partial charge in [0.2, 0.25) is 11.8 Å². The molecule has 5 nitrogen and oxygen atoms in total. The van der Waals surface area contributed by atoms with E-state index in [0.29, 0.717) is 19.6 Å². The normalized spacial score (nSPS) is 27.0. The Balaban J connectivity index is 1.30. The molecular weight excluding hydrogens is 424 g/mol. The minimum atomic E-state index is -0.208. The van der Waals surface area contributed by atoms with E-state index in [2.05, 4.69) is 19.1 Å². The van der Waals surface area contributed by atoms with Crippen molar-refractivity contribution in [2.45, 2.75) is 64.8 Å². The number of carbonyl (C=O) groups excluding carboxylic acids is 2. The lowest BCUT2D eigenvalue weighted by atomic mass is 9.49. The van der Waals surface area contributed by atoms with Crippen LogP contribution in [0, 0.1) is 23.2 Å². The van der Waals surface area contributed by atoms with Gasteiger partial charge in [0.1, 0.15) is 5.76 Å². The molecule has 4 saturated carbocycles. The maximum Gasteiger partial charge on any atom is 0.242 e. The lowest BCUT2D eigenvalue weighted by Gasteiger charge is -2.56. The van der Waals surface area contributed by atoms with Crippen LogP contribution in [0.1, 0.15) is 63.2 Å². The van der Waals surface area contributed by atoms with Gasteiger partial charge in [0.25, 0.3) is 0 Å². The molecule has 6 rings (SSSR count). The highest BCUT2D eigenvalue weighted by Crippen LogP contribution is 2.60. The summed E-state index contributed by atoms with van der Waals surface area (Å²) in [6.45, 7) is 3.96. The molecule has 0 atom stereocenters. The van der Waals surface area contributed by atoms with Crippen molar-refractivity contribution in [2.24, 2.45) is 23.2 Å². The van der Waals surface area contributed by atoms with Gasteiger partial charge in [0.15, 0.2) is 0 Å². The van der Waals surface area contributed by atoms with Crippen molar-refractivity contribution in [3.8, 4) is 0 Å². The monoisotopic (exact) mass is 462 g/mol. The molecule has 0 N–H and O–H groups in total. The number of hydrogen-bond acceptors (Lipinski definition) is 3. The average molecular weight is 463 g/mol. The van der Waals surface area contributed by atoms with Crippen LogP contribution in [-0.4, -0.2) is 41.2 Å². The first-order valence-corrected chi connectivity index (χ1v) is 13.2. The Morgan fingerprint density at radius 3 is 2.18 bits per heavy atom. The minimum absolute atomic E-state index is 0.0128. The molecule has 182 valence electrons. The van der Waals surface area contributed by atoms with Crippen molar-refractivity contribution >= 4 is 11.8 Å². The van der Waals surface area contributed by atoms with Crippen LogP contribution in [0.2, 0.25) is 0 Å². The Bertz CT molecular complexity index is 933. The third kappa shape index (κ3) is 4.94. The van der Waals surface area contributed by atoms with Crippen molar-refractivity contribution < 1.29 is 14.0 Å². The molecular formula is C29H38N2O3. The first-order valence-electron chi connectivity index (χ1n) is 13.2. The standard InChI is InChI=1S/C29H38N2O3/c1-2-11-31(28(33)29-17-23-14-24(18-29)16-25(15-23)19-29)21-27(32)30(20-26-9-6-13-34-26)12-10-22-7-4-3-5-8-22/h3-9,13,23-25H,2,10-12,14-21H2,1H3. The SMILES string of the molecule is CCCN(CC(=O)N(CCc1ccccc1)Cc1ccco1)C(=O)C12CC3CC(CC(C3)C1)C2. The molecule has 1 heterocycles. The molecule has 34 heavy (non-hydrogen) atoms. The molecule has 4 bridgehead atoms. The molecule has 4 aliphatic rings. The molecule has 0 radical (unpaired) electrons. The highest BCUT2D eigenvalue weighted by atomic mass is 16.3. The Morgan fingerprint density at radius 2 is 1.59 bits per heavy atom. The van der Waals surface area contributed by atoms with E-state index >= 15 is 0 Å². The van der Waals surface area contributed by atoms with Gasteiger partial charge in [-0.3, -0.25) is 9.59 Å². The second-order valence-corrected chi connectivity index (χ2v) is 11.1. The molecule has 0 unspecified atom stereocenters. The Kier molecular flexibility index (Phi) is 6.80. The van der Waals surface area contributed by atoms with Crippen molar-refractivity contribution in [3.05, 3.63) is 60.1 Å². The second kappa shape index (κ2) is 9.97. The van der Waals surface area contributed by atoms with Crippen molar-refractivity contribution in [1.82, 2.24) is 9.80 Å². The van der Waals surface area contributed by atoms with Gasteiger partial charge in [0.05, 0.1) is 24.8 Å². The first kappa shape index (κ1) is 23.2. The van der Waals surface area contributed by atoms with Gasteiger partial charge in [0, 0.05) is 13.1 Å². The summed E-state index contributed by atoms with van der Waals surface area (Å²) in [5.41, 5.74) is 0.995. The number of benzene rings is 1. The predicted octanol–water partition coefficient (Wildman–Crippen LogP) is 5.31. The Morgan fingerprint density at radius 1 is 0.912 bits per heavy atom. The van der Waals surface area contributed by atoms with Gasteiger partial charge in [-0.15, -0.1) is 0 Å². The summed E-state index contributed by atoms with van der Waals surface area (Å²) in [7, 11) is 0. The van der Waals surface area contributed by atoms with Crippen LogP contribution in [-0.2, 0) is 22.6 Å². The van der Waals surface area contributed by atoms with Gasteiger partial charge in [-0.25, -0.2) is 0 Å². The third-order valence-corrected chi connectivity index (χ3v) is 8.39. The van der Waals surface area contributed by atoms with Gasteiger partial charge in [-0.2, -0.15) is 0 Å². The van der Waals surface area contributed by atoms with E-state index in [9.17, 15) is 9.59 Å². The van der Waals surface area contributed by atoms with Gasteiger partial charge < -0.3 is 14.2 Å². The largest absolute Gasteiger partial charge is 0.467 e. The summed E-state index contributed by atoms with van der Waals surface area (Å²) >= 11 is 0. The fourth-order valence-corrected chi connectivity index (χ4v) is 7.28. The zero-order valence-corrected chi connectivity index (χ0v) is 20.5. The van der Waals surface area contributed by atoms with Crippen LogP contribution in [0.4, 0.5) is 0 Å². The fraction of sp³-hybridized carbons (Fsp3) is 0.586. The molecule has 1 aromatic heterocycles. The summed E-state index contributed by atoms with van der Waals surface area (Å²) < 4.78 is 5.56. The predicted molar refractivity (Wildman–Crippen MR) is 132 cm³/mol. The van der Waals surface area contributed by atoms with E-state index in [1.807, 2.05) is 40.1 Å². The summed E-state index contributed by atoms with van der Waals surface area (Å²) in [5.74, 6) is 3.19. The molecule has 0 saturated heterocycles. The first-order chi connectivity index (χ1) is 16.5. The molecule has 1 aromatic carbocycles. The summed E-state index contributed by atoms with van der Waals surface area (Å²) in [5, 5.41) is 0. The van der Waals surface area contributed by atoms with Crippen LogP contribution in [0.25, 0.3) is 0 Å². The van der Waals surface area contributed by atoms with E-state index in [0.717, 1.165) is 55.6 Å². The fourth-order valence-electron chi connectivity index (χ4n) is 7.28. The molecule has 4 aliphatic carbocycles. The third-order valence-electron chi connectivity index (χ3n) is 8.39. The van der Waals surface area contributed by atoms with E-state index in [1.54, 1.807) is 6.26 Å². The molecule has 0 spiro atoms. The molecule has 2 aromatic rings. The van der Waals surface area contributed by atoms with E-state index in [-0.39, 0.29) is 23.8 Å². The summed E-state index contributed by atoms with van der Waals surface area (Å²) in [6, 6.07) is 14.0. The molecule has 4 fully saturated rings. The zero-order valence-electron chi connectivity index (χ0n) is 20.5. The van der Waals surface area contributed by atoms with Gasteiger partial charge in [-0.1, -0.05) is 37.3 Å². The zero-order chi connectivity index (χ0) is 23.5. The highest BCUT2D eigenvalue weighted by Gasteiger charge is 2.55. The van der Waals surface area contributed by atoms with Crippen molar-refractivity contribution in [3.63, 3.8) is 0 Å². The van der Waals surface area contributed by atoms with Crippen molar-refractivity contribution in [1.29, 1.82) is 0 Å². The van der Waals surface area contributed by atoms with Crippen LogP contribution in [0.5, 0.6) is 0 Å². The molecule has 2 amide bonds. The summed E-state index contributed by atoms with van der Waals surface area (Å²) in [4.78, 5) is 31.3. The van der Waals surface area contributed by atoms with E-state index in [4.69, 9.17) is 4.42 Å². The number of hydrogen-bond donors (Lipinski definition) is 0. The topological polar surface area (TPSA) is 53.8 Å².